The minimum absolute atomic E-state index is 0.194. The fourth-order valence-corrected chi connectivity index (χ4v) is 4.94. The van der Waals surface area contributed by atoms with Crippen molar-refractivity contribution in [1.29, 1.82) is 5.26 Å². The third-order valence-electron chi connectivity index (χ3n) is 4.78. The Morgan fingerprint density at radius 1 is 1.25 bits per heavy atom. The topological polar surface area (TPSA) is 59.6 Å². The van der Waals surface area contributed by atoms with E-state index in [-0.39, 0.29) is 5.75 Å². The average Bonchev–Trinajstić information content (AvgIpc) is 3.06. The summed E-state index contributed by atoms with van der Waals surface area (Å²) in [5.74, 6) is 0.194. The molecule has 0 bridgehead atoms. The van der Waals surface area contributed by atoms with Gasteiger partial charge in [0.05, 0.1) is 10.0 Å². The van der Waals surface area contributed by atoms with Gasteiger partial charge in [0.1, 0.15) is 16.8 Å². The van der Waals surface area contributed by atoms with E-state index in [4.69, 9.17) is 0 Å². The van der Waals surface area contributed by atoms with Crippen molar-refractivity contribution in [3.8, 4) is 11.8 Å². The van der Waals surface area contributed by atoms with Gasteiger partial charge in [0.25, 0.3) is 0 Å². The summed E-state index contributed by atoms with van der Waals surface area (Å²) < 4.78 is 0.624. The van der Waals surface area contributed by atoms with Gasteiger partial charge in [-0.05, 0) is 57.2 Å². The summed E-state index contributed by atoms with van der Waals surface area (Å²) in [6, 6.07) is 18.0. The zero-order valence-corrected chi connectivity index (χ0v) is 17.5. The van der Waals surface area contributed by atoms with Crippen LogP contribution in [0, 0.1) is 11.3 Å². The molecule has 0 unspecified atom stereocenters. The number of aliphatic imine (C=N–C) groups is 1. The molecule has 6 heteroatoms. The Morgan fingerprint density at radius 3 is 2.82 bits per heavy atom. The number of aromatic hydroxyl groups is 1. The number of benzene rings is 2. The van der Waals surface area contributed by atoms with Crippen molar-refractivity contribution in [2.75, 3.05) is 6.54 Å². The van der Waals surface area contributed by atoms with Crippen LogP contribution < -0.4 is 0 Å². The smallest absolute Gasteiger partial charge is 0.134 e. The predicted molar refractivity (Wildman–Crippen MR) is 116 cm³/mol. The maximum atomic E-state index is 9.67. The summed E-state index contributed by atoms with van der Waals surface area (Å²) >= 11 is 4.92. The SMILES string of the molecule is N#Cc1c(N=Cc2ccc(O)c(Br)c2)sc2c1CCN(Cc1ccccc1)C2. The van der Waals surface area contributed by atoms with Crippen LogP contribution in [0.25, 0.3) is 0 Å². The van der Waals surface area contributed by atoms with Gasteiger partial charge in [-0.3, -0.25) is 4.90 Å². The second kappa shape index (κ2) is 8.27. The highest BCUT2D eigenvalue weighted by atomic mass is 79.9. The van der Waals surface area contributed by atoms with E-state index in [1.54, 1.807) is 35.8 Å². The first kappa shape index (κ1) is 18.9. The fraction of sp³-hybridized carbons (Fsp3) is 0.182. The Balaban J connectivity index is 1.55. The molecule has 0 aliphatic carbocycles. The van der Waals surface area contributed by atoms with Crippen LogP contribution in [0.15, 0.2) is 58.0 Å². The second-order valence-corrected chi connectivity index (χ2v) is 8.65. The van der Waals surface area contributed by atoms with E-state index < -0.39 is 0 Å². The zero-order chi connectivity index (χ0) is 19.5. The quantitative estimate of drug-likeness (QED) is 0.540. The molecule has 0 amide bonds. The molecule has 0 radical (unpaired) electrons. The van der Waals surface area contributed by atoms with Crippen LogP contribution in [0.4, 0.5) is 5.00 Å². The Bertz CT molecular complexity index is 1070. The number of fused-ring (bicyclic) bond motifs is 1. The lowest BCUT2D eigenvalue weighted by Gasteiger charge is -2.26. The van der Waals surface area contributed by atoms with Crippen molar-refractivity contribution >= 4 is 38.5 Å². The van der Waals surface area contributed by atoms with E-state index in [0.29, 0.717) is 10.0 Å². The van der Waals surface area contributed by atoms with Crippen LogP contribution in [0.5, 0.6) is 5.75 Å². The standard InChI is InChI=1S/C22H18BrN3OS/c23-19-10-16(6-7-20(19)27)12-25-22-18(11-24)17-8-9-26(14-21(17)28-22)13-15-4-2-1-3-5-15/h1-7,10,12,27H,8-9,13-14H2. The molecule has 0 atom stereocenters. The Kier molecular flexibility index (Phi) is 5.58. The van der Waals surface area contributed by atoms with Crippen molar-refractivity contribution in [1.82, 2.24) is 4.90 Å². The normalized spacial score (nSPS) is 14.1. The van der Waals surface area contributed by atoms with E-state index in [0.717, 1.165) is 42.2 Å². The zero-order valence-electron chi connectivity index (χ0n) is 15.1. The molecular formula is C22H18BrN3OS. The highest BCUT2D eigenvalue weighted by Gasteiger charge is 2.24. The molecule has 1 aliphatic heterocycles. The van der Waals surface area contributed by atoms with Crippen molar-refractivity contribution in [2.45, 2.75) is 19.5 Å². The second-order valence-electron chi connectivity index (χ2n) is 6.71. The first-order valence-corrected chi connectivity index (χ1v) is 10.6. The molecule has 0 saturated heterocycles. The minimum atomic E-state index is 0.194. The molecule has 3 aromatic rings. The lowest BCUT2D eigenvalue weighted by atomic mass is 10.0. The summed E-state index contributed by atoms with van der Waals surface area (Å²) in [6.07, 6.45) is 2.62. The molecular weight excluding hydrogens is 434 g/mol. The van der Waals surface area contributed by atoms with Crippen molar-refractivity contribution in [3.05, 3.63) is 80.1 Å². The molecule has 2 aromatic carbocycles. The number of thiophene rings is 1. The number of phenolic OH excluding ortho intramolecular Hbond substituents is 1. The molecule has 28 heavy (non-hydrogen) atoms. The number of phenols is 1. The molecule has 4 nitrogen and oxygen atoms in total. The summed E-state index contributed by atoms with van der Waals surface area (Å²) in [5.41, 5.74) is 4.02. The average molecular weight is 452 g/mol. The molecule has 1 aromatic heterocycles. The van der Waals surface area contributed by atoms with Gasteiger partial charge in [-0.15, -0.1) is 11.3 Å². The molecule has 1 N–H and O–H groups in total. The highest BCUT2D eigenvalue weighted by Crippen LogP contribution is 2.38. The molecule has 140 valence electrons. The van der Waals surface area contributed by atoms with Gasteiger partial charge in [-0.2, -0.15) is 5.26 Å². The monoisotopic (exact) mass is 451 g/mol. The molecule has 0 fully saturated rings. The Hall–Kier alpha value is -2.46. The van der Waals surface area contributed by atoms with Crippen LogP contribution in [0.2, 0.25) is 0 Å². The van der Waals surface area contributed by atoms with Crippen molar-refractivity contribution in [2.24, 2.45) is 4.99 Å². The van der Waals surface area contributed by atoms with E-state index >= 15 is 0 Å². The number of hydrogen-bond acceptors (Lipinski definition) is 5. The fourth-order valence-electron chi connectivity index (χ4n) is 3.36. The first-order valence-electron chi connectivity index (χ1n) is 8.97. The van der Waals surface area contributed by atoms with Crippen molar-refractivity contribution < 1.29 is 5.11 Å². The van der Waals surface area contributed by atoms with Crippen molar-refractivity contribution in [3.63, 3.8) is 0 Å². The van der Waals surface area contributed by atoms with Gasteiger partial charge >= 0.3 is 0 Å². The molecule has 0 spiro atoms. The van der Waals surface area contributed by atoms with Gasteiger partial charge < -0.3 is 5.11 Å². The van der Waals surface area contributed by atoms with E-state index in [1.807, 2.05) is 6.07 Å². The predicted octanol–water partition coefficient (Wildman–Crippen LogP) is 5.40. The summed E-state index contributed by atoms with van der Waals surface area (Å²) in [6.45, 7) is 2.71. The molecule has 2 heterocycles. The highest BCUT2D eigenvalue weighted by molar-refractivity contribution is 9.10. The molecule has 0 saturated carbocycles. The Labute approximate surface area is 176 Å². The maximum absolute atomic E-state index is 9.67. The number of nitrogens with zero attached hydrogens (tertiary/aromatic N) is 3. The van der Waals surface area contributed by atoms with E-state index in [9.17, 15) is 10.4 Å². The third kappa shape index (κ3) is 4.02. The largest absolute Gasteiger partial charge is 0.507 e. The van der Waals surface area contributed by atoms with E-state index in [2.05, 4.69) is 56.2 Å². The van der Waals surface area contributed by atoms with Crippen LogP contribution >= 0.6 is 27.3 Å². The third-order valence-corrected chi connectivity index (χ3v) is 6.54. The maximum Gasteiger partial charge on any atom is 0.134 e. The van der Waals surface area contributed by atoms with Gasteiger partial charge in [-0.1, -0.05) is 30.3 Å². The van der Waals surface area contributed by atoms with Gasteiger partial charge in [0.2, 0.25) is 0 Å². The van der Waals surface area contributed by atoms with Gasteiger partial charge in [0, 0.05) is 30.7 Å². The van der Waals surface area contributed by atoms with Gasteiger partial charge in [0.15, 0.2) is 0 Å². The summed E-state index contributed by atoms with van der Waals surface area (Å²) in [4.78, 5) is 8.23. The molecule has 4 rings (SSSR count). The van der Waals surface area contributed by atoms with Crippen LogP contribution in [-0.2, 0) is 19.5 Å². The van der Waals surface area contributed by atoms with Crippen LogP contribution in [0.1, 0.15) is 27.1 Å². The first-order chi connectivity index (χ1) is 13.6. The summed E-state index contributed by atoms with van der Waals surface area (Å²) in [5, 5.41) is 20.0. The van der Waals surface area contributed by atoms with E-state index in [1.165, 1.54) is 10.4 Å². The van der Waals surface area contributed by atoms with Crippen LogP contribution in [-0.4, -0.2) is 22.8 Å². The number of halogens is 1. The summed E-state index contributed by atoms with van der Waals surface area (Å²) in [7, 11) is 0. The molecule has 1 aliphatic rings. The van der Waals surface area contributed by atoms with Crippen LogP contribution in [0.3, 0.4) is 0 Å². The number of hydrogen-bond donors (Lipinski definition) is 1. The Morgan fingerprint density at radius 2 is 2.07 bits per heavy atom. The minimum Gasteiger partial charge on any atom is -0.507 e. The lowest BCUT2D eigenvalue weighted by molar-refractivity contribution is 0.249. The van der Waals surface area contributed by atoms with Gasteiger partial charge in [-0.25, -0.2) is 4.99 Å². The number of nitriles is 1. The lowest BCUT2D eigenvalue weighted by Crippen LogP contribution is -2.29. The number of rotatable bonds is 4.